The van der Waals surface area contributed by atoms with Gasteiger partial charge in [-0.2, -0.15) is 0 Å². The molecule has 0 saturated carbocycles. The number of aliphatic hydroxyl groups is 1. The van der Waals surface area contributed by atoms with Crippen LogP contribution in [0, 0.1) is 0 Å². The number of aromatic hydroxyl groups is 1. The number of benzene rings is 2. The third kappa shape index (κ3) is 3.95. The Hall–Kier alpha value is -3.32. The normalized spacial score (nSPS) is 18.3. The molecule has 1 amide bonds. The standard InChI is InChI=1S/C22H23NO6/c1-3-29-17-13-15(9-10-16(17)24)19-18(20(25)14-7-5-4-6-8-14)21(26)22(27)23(19)11-12-28-2/h4-10,13,19,24-25H,3,11-12H2,1-2H3. The number of ether oxygens (including phenoxy) is 2. The Kier molecular flexibility index (Phi) is 6.19. The number of methoxy groups -OCH3 is 1. The highest BCUT2D eigenvalue weighted by atomic mass is 16.5. The van der Waals surface area contributed by atoms with Crippen LogP contribution in [0.25, 0.3) is 5.76 Å². The summed E-state index contributed by atoms with van der Waals surface area (Å²) in [5, 5.41) is 20.9. The first-order chi connectivity index (χ1) is 14.0. The molecule has 1 heterocycles. The number of phenolic OH excluding ortho intramolecular Hbond substituents is 1. The molecule has 0 bridgehead atoms. The van der Waals surface area contributed by atoms with Crippen molar-refractivity contribution in [2.24, 2.45) is 0 Å². The van der Waals surface area contributed by atoms with Crippen LogP contribution in [-0.2, 0) is 14.3 Å². The number of rotatable bonds is 7. The Morgan fingerprint density at radius 3 is 2.52 bits per heavy atom. The molecule has 29 heavy (non-hydrogen) atoms. The van der Waals surface area contributed by atoms with Crippen LogP contribution in [0.15, 0.2) is 54.1 Å². The number of phenols is 1. The lowest BCUT2D eigenvalue weighted by Gasteiger charge is -2.25. The lowest BCUT2D eigenvalue weighted by Crippen LogP contribution is -2.32. The van der Waals surface area contributed by atoms with Crippen LogP contribution in [0.1, 0.15) is 24.1 Å². The first-order valence-electron chi connectivity index (χ1n) is 9.28. The summed E-state index contributed by atoms with van der Waals surface area (Å²) in [4.78, 5) is 26.9. The number of nitrogens with zero attached hydrogens (tertiary/aromatic N) is 1. The van der Waals surface area contributed by atoms with Crippen LogP contribution in [-0.4, -0.2) is 53.7 Å². The molecule has 1 fully saturated rings. The zero-order valence-corrected chi connectivity index (χ0v) is 16.3. The molecule has 1 saturated heterocycles. The van der Waals surface area contributed by atoms with Crippen molar-refractivity contribution in [2.75, 3.05) is 26.9 Å². The molecule has 0 spiro atoms. The first-order valence-corrected chi connectivity index (χ1v) is 9.28. The third-order valence-corrected chi connectivity index (χ3v) is 4.72. The highest BCUT2D eigenvalue weighted by molar-refractivity contribution is 6.46. The van der Waals surface area contributed by atoms with E-state index in [1.807, 2.05) is 0 Å². The quantitative estimate of drug-likeness (QED) is 0.424. The molecular formula is C22H23NO6. The van der Waals surface area contributed by atoms with E-state index in [9.17, 15) is 19.8 Å². The van der Waals surface area contributed by atoms with Gasteiger partial charge in [0.1, 0.15) is 5.76 Å². The number of amides is 1. The van der Waals surface area contributed by atoms with Crippen LogP contribution in [0.2, 0.25) is 0 Å². The summed E-state index contributed by atoms with van der Waals surface area (Å²) < 4.78 is 10.5. The monoisotopic (exact) mass is 397 g/mol. The van der Waals surface area contributed by atoms with Gasteiger partial charge in [0.05, 0.1) is 24.8 Å². The molecule has 2 aromatic rings. The van der Waals surface area contributed by atoms with Crippen molar-refractivity contribution in [1.29, 1.82) is 0 Å². The fourth-order valence-electron chi connectivity index (χ4n) is 3.37. The topological polar surface area (TPSA) is 96.3 Å². The second-order valence-corrected chi connectivity index (χ2v) is 6.51. The molecule has 7 nitrogen and oxygen atoms in total. The Bertz CT molecular complexity index is 938. The van der Waals surface area contributed by atoms with Gasteiger partial charge in [0.15, 0.2) is 11.5 Å². The Labute approximate surface area is 168 Å². The number of aliphatic hydroxyl groups excluding tert-OH is 1. The van der Waals surface area contributed by atoms with Crippen molar-refractivity contribution in [2.45, 2.75) is 13.0 Å². The second-order valence-electron chi connectivity index (χ2n) is 6.51. The summed E-state index contributed by atoms with van der Waals surface area (Å²) in [5.74, 6) is -1.54. The van der Waals surface area contributed by atoms with E-state index in [2.05, 4.69) is 0 Å². The molecule has 1 unspecified atom stereocenters. The van der Waals surface area contributed by atoms with Crippen molar-refractivity contribution in [3.05, 3.63) is 65.2 Å². The lowest BCUT2D eigenvalue weighted by atomic mass is 9.95. The predicted octanol–water partition coefficient (Wildman–Crippen LogP) is 2.86. The Morgan fingerprint density at radius 2 is 1.86 bits per heavy atom. The maximum absolute atomic E-state index is 12.8. The highest BCUT2D eigenvalue weighted by Crippen LogP contribution is 2.41. The van der Waals surface area contributed by atoms with Crippen molar-refractivity contribution < 1.29 is 29.3 Å². The number of carbonyl (C=O) groups excluding carboxylic acids is 2. The number of hydrogen-bond donors (Lipinski definition) is 2. The fourth-order valence-corrected chi connectivity index (χ4v) is 3.37. The van der Waals surface area contributed by atoms with Gasteiger partial charge in [-0.3, -0.25) is 9.59 Å². The predicted molar refractivity (Wildman–Crippen MR) is 107 cm³/mol. The smallest absolute Gasteiger partial charge is 0.295 e. The van der Waals surface area contributed by atoms with Crippen molar-refractivity contribution in [3.8, 4) is 11.5 Å². The summed E-state index contributed by atoms with van der Waals surface area (Å²) in [7, 11) is 1.50. The Morgan fingerprint density at radius 1 is 1.14 bits per heavy atom. The van der Waals surface area contributed by atoms with E-state index >= 15 is 0 Å². The molecule has 0 radical (unpaired) electrons. The number of Topliss-reactive ketones (excluding diaryl/α,β-unsaturated/α-hetero) is 1. The van der Waals surface area contributed by atoms with E-state index in [-0.39, 0.29) is 36.0 Å². The molecule has 2 aromatic carbocycles. The second kappa shape index (κ2) is 8.79. The van der Waals surface area contributed by atoms with Crippen molar-refractivity contribution in [3.63, 3.8) is 0 Å². The Balaban J connectivity index is 2.17. The summed E-state index contributed by atoms with van der Waals surface area (Å²) in [6.07, 6.45) is 0. The minimum atomic E-state index is -0.829. The first kappa shape index (κ1) is 20.4. The van der Waals surface area contributed by atoms with Gasteiger partial charge in [-0.15, -0.1) is 0 Å². The third-order valence-electron chi connectivity index (χ3n) is 4.72. The molecule has 0 aliphatic carbocycles. The van der Waals surface area contributed by atoms with E-state index in [0.717, 1.165) is 0 Å². The van der Waals surface area contributed by atoms with Gasteiger partial charge in [0.2, 0.25) is 0 Å². The fraction of sp³-hybridized carbons (Fsp3) is 0.273. The minimum absolute atomic E-state index is 0.00885. The van der Waals surface area contributed by atoms with E-state index < -0.39 is 17.7 Å². The summed E-state index contributed by atoms with van der Waals surface area (Å²) >= 11 is 0. The van der Waals surface area contributed by atoms with Gasteiger partial charge < -0.3 is 24.6 Å². The maximum atomic E-state index is 12.8. The number of ketones is 1. The molecule has 152 valence electrons. The number of carbonyl (C=O) groups is 2. The molecule has 0 aromatic heterocycles. The number of likely N-dealkylation sites (tertiary alicyclic amines) is 1. The van der Waals surface area contributed by atoms with Crippen LogP contribution < -0.4 is 4.74 Å². The average Bonchev–Trinajstić information content (AvgIpc) is 2.98. The lowest BCUT2D eigenvalue weighted by molar-refractivity contribution is -0.140. The summed E-state index contributed by atoms with van der Waals surface area (Å²) in [6, 6.07) is 12.4. The molecule has 3 rings (SSSR count). The molecule has 2 N–H and O–H groups in total. The van der Waals surface area contributed by atoms with Gasteiger partial charge in [0.25, 0.3) is 11.7 Å². The summed E-state index contributed by atoms with van der Waals surface area (Å²) in [6.45, 7) is 2.52. The minimum Gasteiger partial charge on any atom is -0.507 e. The molecule has 1 aliphatic rings. The maximum Gasteiger partial charge on any atom is 0.295 e. The van der Waals surface area contributed by atoms with Crippen LogP contribution in [0.3, 0.4) is 0 Å². The van der Waals surface area contributed by atoms with E-state index in [4.69, 9.17) is 9.47 Å². The van der Waals surface area contributed by atoms with Gasteiger partial charge in [-0.05, 0) is 24.6 Å². The van der Waals surface area contributed by atoms with E-state index in [1.165, 1.54) is 18.1 Å². The van der Waals surface area contributed by atoms with Crippen LogP contribution in [0.4, 0.5) is 0 Å². The van der Waals surface area contributed by atoms with Crippen LogP contribution >= 0.6 is 0 Å². The average molecular weight is 397 g/mol. The van der Waals surface area contributed by atoms with Gasteiger partial charge >= 0.3 is 0 Å². The van der Waals surface area contributed by atoms with E-state index in [1.54, 1.807) is 49.4 Å². The van der Waals surface area contributed by atoms with Crippen LogP contribution in [0.5, 0.6) is 11.5 Å². The molecule has 1 atom stereocenters. The molecule has 1 aliphatic heterocycles. The largest absolute Gasteiger partial charge is 0.507 e. The molecule has 7 heteroatoms. The van der Waals surface area contributed by atoms with Gasteiger partial charge in [-0.25, -0.2) is 0 Å². The van der Waals surface area contributed by atoms with Gasteiger partial charge in [0, 0.05) is 19.2 Å². The van der Waals surface area contributed by atoms with Crippen molar-refractivity contribution >= 4 is 17.4 Å². The van der Waals surface area contributed by atoms with Crippen molar-refractivity contribution in [1.82, 2.24) is 4.90 Å². The molecular weight excluding hydrogens is 374 g/mol. The zero-order valence-electron chi connectivity index (χ0n) is 16.3. The number of hydrogen-bond acceptors (Lipinski definition) is 6. The van der Waals surface area contributed by atoms with E-state index in [0.29, 0.717) is 17.7 Å². The zero-order chi connectivity index (χ0) is 21.0. The highest BCUT2D eigenvalue weighted by Gasteiger charge is 2.46. The van der Waals surface area contributed by atoms with Gasteiger partial charge in [-0.1, -0.05) is 36.4 Å². The SMILES string of the molecule is CCOc1cc(C2C(=C(O)c3ccccc3)C(=O)C(=O)N2CCOC)ccc1O. The summed E-state index contributed by atoms with van der Waals surface area (Å²) in [5.41, 5.74) is 0.968.